The largest absolute Gasteiger partial charge is 0.484 e. The zero-order valence-corrected chi connectivity index (χ0v) is 18.2. The third-order valence-electron chi connectivity index (χ3n) is 5.36. The zero-order chi connectivity index (χ0) is 22.3. The van der Waals surface area contributed by atoms with Crippen LogP contribution in [0.5, 0.6) is 5.75 Å². The van der Waals surface area contributed by atoms with E-state index in [4.69, 9.17) is 4.74 Å². The van der Waals surface area contributed by atoms with Crippen LogP contribution in [0.2, 0.25) is 0 Å². The predicted molar refractivity (Wildman–Crippen MR) is 126 cm³/mol. The summed E-state index contributed by atoms with van der Waals surface area (Å²) in [6.07, 6.45) is 0.888. The number of nitrogens with zero attached hydrogens (tertiary/aromatic N) is 2. The van der Waals surface area contributed by atoms with Crippen molar-refractivity contribution >= 4 is 23.3 Å². The molecule has 0 aliphatic carbocycles. The van der Waals surface area contributed by atoms with E-state index in [0.717, 1.165) is 24.2 Å². The lowest BCUT2D eigenvalue weighted by molar-refractivity contribution is -0.118. The Morgan fingerprint density at radius 2 is 1.75 bits per heavy atom. The van der Waals surface area contributed by atoms with Gasteiger partial charge in [-0.15, -0.1) is 0 Å². The van der Waals surface area contributed by atoms with Gasteiger partial charge in [0.1, 0.15) is 5.75 Å². The van der Waals surface area contributed by atoms with Crippen LogP contribution >= 0.6 is 0 Å². The van der Waals surface area contributed by atoms with Gasteiger partial charge in [-0.2, -0.15) is 0 Å². The van der Waals surface area contributed by atoms with Gasteiger partial charge < -0.3 is 15.0 Å². The molecule has 1 aliphatic rings. The molecule has 0 atom stereocenters. The van der Waals surface area contributed by atoms with E-state index in [2.05, 4.69) is 36.5 Å². The van der Waals surface area contributed by atoms with Crippen molar-refractivity contribution in [3.8, 4) is 5.75 Å². The van der Waals surface area contributed by atoms with Crippen LogP contribution in [0.1, 0.15) is 17.5 Å². The van der Waals surface area contributed by atoms with Crippen LogP contribution in [-0.4, -0.2) is 36.5 Å². The number of hydrogen-bond acceptors (Lipinski definition) is 3. The van der Waals surface area contributed by atoms with Gasteiger partial charge in [0, 0.05) is 31.0 Å². The molecule has 0 bridgehead atoms. The summed E-state index contributed by atoms with van der Waals surface area (Å²) in [7, 11) is 0. The van der Waals surface area contributed by atoms with E-state index in [1.165, 1.54) is 5.56 Å². The number of para-hydroxylation sites is 1. The van der Waals surface area contributed by atoms with E-state index in [9.17, 15) is 9.59 Å². The first kappa shape index (κ1) is 21.4. The van der Waals surface area contributed by atoms with E-state index < -0.39 is 0 Å². The standard InChI is InChI=1S/C26H27N3O3/c1-20-11-13-21(14-12-20)18-28-15-6-16-29(26(28)31)23-8-5-7-22(17-23)27-25(30)19-32-24-9-3-2-4-10-24/h2-5,7-14,17H,6,15-16,18-19H2,1H3,(H,27,30). The fourth-order valence-electron chi connectivity index (χ4n) is 3.70. The first-order valence-corrected chi connectivity index (χ1v) is 10.8. The number of ether oxygens (including phenoxy) is 1. The fraction of sp³-hybridized carbons (Fsp3) is 0.231. The van der Waals surface area contributed by atoms with Crippen LogP contribution in [0.25, 0.3) is 0 Å². The van der Waals surface area contributed by atoms with Crippen LogP contribution in [0.3, 0.4) is 0 Å². The summed E-state index contributed by atoms with van der Waals surface area (Å²) < 4.78 is 5.50. The molecular formula is C26H27N3O3. The number of carbonyl (C=O) groups excluding carboxylic acids is 2. The maximum atomic E-state index is 13.1. The molecule has 0 unspecified atom stereocenters. The second kappa shape index (κ2) is 10.0. The van der Waals surface area contributed by atoms with Gasteiger partial charge in [-0.3, -0.25) is 9.69 Å². The second-order valence-electron chi connectivity index (χ2n) is 7.90. The van der Waals surface area contributed by atoms with Gasteiger partial charge in [-0.1, -0.05) is 54.1 Å². The van der Waals surface area contributed by atoms with E-state index in [1.807, 2.05) is 47.4 Å². The van der Waals surface area contributed by atoms with Crippen molar-refractivity contribution in [2.75, 3.05) is 29.9 Å². The minimum absolute atomic E-state index is 0.0206. The van der Waals surface area contributed by atoms with Crippen molar-refractivity contribution in [2.45, 2.75) is 19.9 Å². The van der Waals surface area contributed by atoms with Crippen LogP contribution in [-0.2, 0) is 11.3 Å². The summed E-state index contributed by atoms with van der Waals surface area (Å²) in [6.45, 7) is 3.94. The average molecular weight is 430 g/mol. The summed E-state index contributed by atoms with van der Waals surface area (Å²) in [5, 5.41) is 2.85. The molecule has 0 radical (unpaired) electrons. The van der Waals surface area contributed by atoms with Gasteiger partial charge in [0.2, 0.25) is 0 Å². The summed E-state index contributed by atoms with van der Waals surface area (Å²) >= 11 is 0. The second-order valence-corrected chi connectivity index (χ2v) is 7.90. The summed E-state index contributed by atoms with van der Waals surface area (Å²) in [5.74, 6) is 0.390. The molecule has 0 aromatic heterocycles. The molecule has 3 aromatic carbocycles. The van der Waals surface area contributed by atoms with Gasteiger partial charge in [-0.05, 0) is 49.2 Å². The van der Waals surface area contributed by atoms with Gasteiger partial charge in [-0.25, -0.2) is 4.79 Å². The minimum atomic E-state index is -0.253. The van der Waals surface area contributed by atoms with Gasteiger partial charge in [0.15, 0.2) is 6.61 Å². The Bertz CT molecular complexity index is 1070. The number of urea groups is 1. The molecule has 6 nitrogen and oxygen atoms in total. The summed E-state index contributed by atoms with van der Waals surface area (Å²) in [6, 6.07) is 24.8. The van der Waals surface area contributed by atoms with E-state index in [0.29, 0.717) is 24.5 Å². The Kier molecular flexibility index (Phi) is 6.70. The molecule has 1 N–H and O–H groups in total. The Morgan fingerprint density at radius 1 is 0.969 bits per heavy atom. The molecule has 3 aromatic rings. The zero-order valence-electron chi connectivity index (χ0n) is 18.2. The lowest BCUT2D eigenvalue weighted by atomic mass is 10.1. The molecule has 1 saturated heterocycles. The van der Waals surface area contributed by atoms with Crippen LogP contribution in [0.15, 0.2) is 78.9 Å². The Labute approximate surface area is 188 Å². The van der Waals surface area contributed by atoms with Crippen molar-refractivity contribution < 1.29 is 14.3 Å². The Balaban J connectivity index is 1.38. The van der Waals surface area contributed by atoms with Crippen molar-refractivity contribution in [2.24, 2.45) is 0 Å². The van der Waals surface area contributed by atoms with Crippen LogP contribution < -0.4 is 15.0 Å². The number of aryl methyl sites for hydroxylation is 1. The first-order chi connectivity index (χ1) is 15.6. The SMILES string of the molecule is Cc1ccc(CN2CCCN(c3cccc(NC(=O)COc4ccccc4)c3)C2=O)cc1. The molecule has 3 amide bonds. The number of carbonyl (C=O) groups is 2. The molecule has 1 fully saturated rings. The highest BCUT2D eigenvalue weighted by atomic mass is 16.5. The normalized spacial score (nSPS) is 13.7. The highest BCUT2D eigenvalue weighted by Crippen LogP contribution is 2.24. The lowest BCUT2D eigenvalue weighted by Gasteiger charge is -2.36. The quantitative estimate of drug-likeness (QED) is 0.584. The molecule has 164 valence electrons. The topological polar surface area (TPSA) is 61.9 Å². The van der Waals surface area contributed by atoms with Crippen LogP contribution in [0, 0.1) is 6.92 Å². The molecule has 4 rings (SSSR count). The van der Waals surface area contributed by atoms with E-state index >= 15 is 0 Å². The van der Waals surface area contributed by atoms with Crippen molar-refractivity contribution in [3.05, 3.63) is 90.0 Å². The monoisotopic (exact) mass is 429 g/mol. The molecule has 1 heterocycles. The highest BCUT2D eigenvalue weighted by molar-refractivity contribution is 5.95. The third-order valence-corrected chi connectivity index (χ3v) is 5.36. The maximum Gasteiger partial charge on any atom is 0.324 e. The van der Waals surface area contributed by atoms with Crippen molar-refractivity contribution in [1.82, 2.24) is 4.90 Å². The highest BCUT2D eigenvalue weighted by Gasteiger charge is 2.27. The van der Waals surface area contributed by atoms with Gasteiger partial charge in [0.05, 0.1) is 0 Å². The maximum absolute atomic E-state index is 13.1. The minimum Gasteiger partial charge on any atom is -0.484 e. The molecule has 0 spiro atoms. The fourth-order valence-corrected chi connectivity index (χ4v) is 3.70. The molecule has 32 heavy (non-hydrogen) atoms. The number of rotatable bonds is 7. The Morgan fingerprint density at radius 3 is 2.53 bits per heavy atom. The van der Waals surface area contributed by atoms with E-state index in [-0.39, 0.29) is 18.5 Å². The molecule has 6 heteroatoms. The van der Waals surface area contributed by atoms with Gasteiger partial charge >= 0.3 is 6.03 Å². The number of nitrogens with one attached hydrogen (secondary N) is 1. The lowest BCUT2D eigenvalue weighted by Crippen LogP contribution is -2.49. The van der Waals surface area contributed by atoms with Crippen LogP contribution in [0.4, 0.5) is 16.2 Å². The van der Waals surface area contributed by atoms with Crippen molar-refractivity contribution in [3.63, 3.8) is 0 Å². The number of hydrogen-bond donors (Lipinski definition) is 1. The average Bonchev–Trinajstić information content (AvgIpc) is 2.81. The summed E-state index contributed by atoms with van der Waals surface area (Å²) in [4.78, 5) is 29.1. The first-order valence-electron chi connectivity index (χ1n) is 10.8. The number of amides is 3. The number of anilines is 2. The molecular weight excluding hydrogens is 402 g/mol. The van der Waals surface area contributed by atoms with Gasteiger partial charge in [0.25, 0.3) is 5.91 Å². The number of benzene rings is 3. The Hall–Kier alpha value is -3.80. The van der Waals surface area contributed by atoms with Crippen molar-refractivity contribution in [1.29, 1.82) is 0 Å². The summed E-state index contributed by atoms with van der Waals surface area (Å²) in [5.41, 5.74) is 3.72. The third kappa shape index (κ3) is 5.46. The molecule has 1 aliphatic heterocycles. The van der Waals surface area contributed by atoms with E-state index in [1.54, 1.807) is 17.0 Å². The smallest absolute Gasteiger partial charge is 0.324 e. The molecule has 0 saturated carbocycles. The predicted octanol–water partition coefficient (Wildman–Crippen LogP) is 4.84.